The molecule has 1 aliphatic heterocycles. The highest BCUT2D eigenvalue weighted by molar-refractivity contribution is 7.15. The van der Waals surface area contributed by atoms with Gasteiger partial charge in [0, 0.05) is 60.3 Å². The van der Waals surface area contributed by atoms with Gasteiger partial charge in [-0.3, -0.25) is 14.5 Å². The van der Waals surface area contributed by atoms with Crippen molar-refractivity contribution < 1.29 is 27.5 Å². The largest absolute Gasteiger partial charge is 0.416 e. The molecule has 274 valence electrons. The summed E-state index contributed by atoms with van der Waals surface area (Å²) in [6.45, 7) is 23.3. The summed E-state index contributed by atoms with van der Waals surface area (Å²) >= 11 is 1.63. The van der Waals surface area contributed by atoms with E-state index in [0.717, 1.165) is 67.2 Å². The molecule has 3 aromatic rings. The molecule has 2 amide bonds. The average Bonchev–Trinajstić information content (AvgIpc) is 3.52. The van der Waals surface area contributed by atoms with E-state index >= 15 is 0 Å². The highest BCUT2D eigenvalue weighted by Gasteiger charge is 2.30. The first-order valence-corrected chi connectivity index (χ1v) is 17.0. The summed E-state index contributed by atoms with van der Waals surface area (Å²) in [6.07, 6.45) is 5.65. The highest BCUT2D eigenvalue weighted by Crippen LogP contribution is 2.29. The first-order valence-electron chi connectivity index (χ1n) is 16.2. The van der Waals surface area contributed by atoms with E-state index in [-0.39, 0.29) is 5.56 Å². The number of allylic oxidation sites excluding steroid dienone is 3. The van der Waals surface area contributed by atoms with Crippen LogP contribution in [0.25, 0.3) is 0 Å². The SMILES string of the molecule is C#CC/C(C)=C(\C)NC=O.C=C(C)NC(=O)c1cccc(C(F)(F)F)c1.CC.CC.Cc1cnc(Nc2ccc(CN3CCOCC3)cn2)s1. The van der Waals surface area contributed by atoms with E-state index in [9.17, 15) is 22.8 Å². The molecule has 1 aliphatic rings. The smallest absolute Gasteiger partial charge is 0.379 e. The number of thiazole rings is 1. The third kappa shape index (κ3) is 18.9. The lowest BCUT2D eigenvalue weighted by Crippen LogP contribution is -2.35. The number of carbonyl (C=O) groups excluding carboxylic acids is 2. The minimum absolute atomic E-state index is 0.0437. The van der Waals surface area contributed by atoms with Crippen molar-refractivity contribution in [3.8, 4) is 12.3 Å². The van der Waals surface area contributed by atoms with Gasteiger partial charge in [0.1, 0.15) is 5.82 Å². The van der Waals surface area contributed by atoms with Gasteiger partial charge in [0.2, 0.25) is 6.41 Å². The maximum Gasteiger partial charge on any atom is 0.416 e. The fourth-order valence-electron chi connectivity index (χ4n) is 3.73. The Bertz CT molecular complexity index is 1510. The van der Waals surface area contributed by atoms with Gasteiger partial charge in [-0.2, -0.15) is 13.2 Å². The molecule has 1 aromatic carbocycles. The Hall–Kier alpha value is -4.51. The molecule has 9 nitrogen and oxygen atoms in total. The Morgan fingerprint density at radius 1 is 1.08 bits per heavy atom. The van der Waals surface area contributed by atoms with Crippen LogP contribution in [0.1, 0.15) is 81.2 Å². The molecular formula is C37H51F3N6O3S. The number of amides is 2. The molecule has 3 heterocycles. The number of nitrogens with one attached hydrogen (secondary N) is 3. The fourth-order valence-corrected chi connectivity index (χ4v) is 4.40. The van der Waals surface area contributed by atoms with Gasteiger partial charge in [0.15, 0.2) is 5.13 Å². The molecule has 1 fully saturated rings. The number of nitrogens with zero attached hydrogens (tertiary/aromatic N) is 3. The molecule has 0 aliphatic carbocycles. The number of alkyl halides is 3. The number of anilines is 2. The van der Waals surface area contributed by atoms with Crippen molar-refractivity contribution in [3.05, 3.63) is 93.9 Å². The third-order valence-electron chi connectivity index (χ3n) is 6.25. The van der Waals surface area contributed by atoms with Crippen LogP contribution in [-0.2, 0) is 22.3 Å². The van der Waals surface area contributed by atoms with Crippen LogP contribution in [0.3, 0.4) is 0 Å². The van der Waals surface area contributed by atoms with Gasteiger partial charge in [0.25, 0.3) is 5.91 Å². The van der Waals surface area contributed by atoms with Crippen LogP contribution in [0.15, 0.2) is 72.3 Å². The Balaban J connectivity index is 0.000000721. The maximum atomic E-state index is 12.3. The molecule has 1 saturated heterocycles. The van der Waals surface area contributed by atoms with Gasteiger partial charge in [-0.1, -0.05) is 46.4 Å². The predicted octanol–water partition coefficient (Wildman–Crippen LogP) is 8.49. The summed E-state index contributed by atoms with van der Waals surface area (Å²) in [5, 5.41) is 8.97. The number of morpholine rings is 1. The van der Waals surface area contributed by atoms with Crippen molar-refractivity contribution in [3.63, 3.8) is 0 Å². The van der Waals surface area contributed by atoms with Gasteiger partial charge in [-0.15, -0.1) is 23.7 Å². The Morgan fingerprint density at radius 2 is 1.74 bits per heavy atom. The first-order chi connectivity index (χ1) is 23.8. The summed E-state index contributed by atoms with van der Waals surface area (Å²) in [5.41, 5.74) is 2.58. The van der Waals surface area contributed by atoms with Crippen molar-refractivity contribution in [1.29, 1.82) is 0 Å². The number of hydrogen-bond donors (Lipinski definition) is 3. The van der Waals surface area contributed by atoms with Crippen LogP contribution < -0.4 is 16.0 Å². The van der Waals surface area contributed by atoms with Crippen molar-refractivity contribution in [2.75, 3.05) is 31.6 Å². The van der Waals surface area contributed by atoms with Crippen LogP contribution in [0, 0.1) is 19.3 Å². The van der Waals surface area contributed by atoms with Crippen molar-refractivity contribution >= 4 is 34.6 Å². The van der Waals surface area contributed by atoms with E-state index in [1.54, 1.807) is 18.3 Å². The summed E-state index contributed by atoms with van der Waals surface area (Å²) in [7, 11) is 0. The van der Waals surface area contributed by atoms with E-state index in [2.05, 4.69) is 49.4 Å². The zero-order chi connectivity index (χ0) is 38.1. The van der Waals surface area contributed by atoms with E-state index in [4.69, 9.17) is 11.2 Å². The molecule has 3 N–H and O–H groups in total. The lowest BCUT2D eigenvalue weighted by Gasteiger charge is -2.26. The molecule has 0 unspecified atom stereocenters. The van der Waals surface area contributed by atoms with Gasteiger partial charge < -0.3 is 20.7 Å². The van der Waals surface area contributed by atoms with Crippen molar-refractivity contribution in [2.24, 2.45) is 0 Å². The normalized spacial score (nSPS) is 12.5. The Morgan fingerprint density at radius 3 is 2.24 bits per heavy atom. The fraction of sp³-hybridized carbons (Fsp3) is 0.405. The summed E-state index contributed by atoms with van der Waals surface area (Å²) in [4.78, 5) is 33.6. The van der Waals surface area contributed by atoms with Crippen LogP contribution in [0.4, 0.5) is 24.1 Å². The number of ether oxygens (including phenoxy) is 1. The van der Waals surface area contributed by atoms with Gasteiger partial charge in [-0.25, -0.2) is 9.97 Å². The van der Waals surface area contributed by atoms with E-state index in [1.807, 2.05) is 66.9 Å². The second kappa shape index (κ2) is 25.5. The number of benzene rings is 1. The van der Waals surface area contributed by atoms with Crippen LogP contribution in [-0.4, -0.2) is 53.5 Å². The molecule has 13 heteroatoms. The molecule has 50 heavy (non-hydrogen) atoms. The average molecular weight is 717 g/mol. The number of carbonyl (C=O) groups is 2. The number of terminal acetylenes is 1. The molecule has 0 saturated carbocycles. The third-order valence-corrected chi connectivity index (χ3v) is 7.08. The molecule has 4 rings (SSSR count). The summed E-state index contributed by atoms with van der Waals surface area (Å²) < 4.78 is 42.4. The highest BCUT2D eigenvalue weighted by atomic mass is 32.1. The molecule has 0 atom stereocenters. The van der Waals surface area contributed by atoms with E-state index in [1.165, 1.54) is 22.6 Å². The maximum absolute atomic E-state index is 12.3. The number of halogens is 3. The second-order valence-corrected chi connectivity index (χ2v) is 11.4. The zero-order valence-corrected chi connectivity index (χ0v) is 31.1. The minimum Gasteiger partial charge on any atom is -0.379 e. The number of pyridine rings is 1. The van der Waals surface area contributed by atoms with Crippen LogP contribution >= 0.6 is 11.3 Å². The standard InChI is InChI=1S/C14H18N4OS.C11H10F3NO.C8H11NO.2C2H6/c1-11-8-16-14(20-11)17-13-3-2-12(9-15-13)10-18-4-6-19-7-5-18;1-7(2)15-10(16)8-4-3-5-9(6-8)11(12,13)14;1-4-5-7(2)8(3)9-6-10;2*1-2/h2-3,8-9H,4-7,10H2,1H3,(H,15,16,17);3-6H,1H2,2H3,(H,15,16);1,6H,5H2,2-3H3,(H,9,10);2*1-2H3/b;;8-7+;;. The lowest BCUT2D eigenvalue weighted by molar-refractivity contribution is -0.137. The first kappa shape index (κ1) is 45.5. The van der Waals surface area contributed by atoms with Gasteiger partial charge >= 0.3 is 6.18 Å². The zero-order valence-electron chi connectivity index (χ0n) is 30.3. The van der Waals surface area contributed by atoms with E-state index < -0.39 is 17.6 Å². The lowest BCUT2D eigenvalue weighted by atomic mass is 10.1. The molecular weight excluding hydrogens is 666 g/mol. The van der Waals surface area contributed by atoms with Crippen molar-refractivity contribution in [1.82, 2.24) is 25.5 Å². The quantitative estimate of drug-likeness (QED) is 0.151. The Kier molecular flexibility index (Phi) is 23.2. The van der Waals surface area contributed by atoms with Gasteiger partial charge in [0.05, 0.1) is 18.8 Å². The number of hydrogen-bond acceptors (Lipinski definition) is 8. The van der Waals surface area contributed by atoms with Crippen molar-refractivity contribution in [2.45, 2.75) is 74.5 Å². The Labute approximate surface area is 299 Å². The molecule has 2 aromatic heterocycles. The molecule has 0 spiro atoms. The molecule has 0 radical (unpaired) electrons. The molecule has 0 bridgehead atoms. The number of aryl methyl sites for hydroxylation is 1. The minimum atomic E-state index is -4.44. The number of rotatable bonds is 9. The van der Waals surface area contributed by atoms with Crippen LogP contribution in [0.5, 0.6) is 0 Å². The number of aromatic nitrogens is 2. The predicted molar refractivity (Wildman–Crippen MR) is 198 cm³/mol. The van der Waals surface area contributed by atoms with Gasteiger partial charge in [-0.05, 0) is 63.1 Å². The second-order valence-electron chi connectivity index (χ2n) is 10.2. The monoisotopic (exact) mass is 716 g/mol. The van der Waals surface area contributed by atoms with E-state index in [0.29, 0.717) is 18.5 Å². The summed E-state index contributed by atoms with van der Waals surface area (Å²) in [6, 6.07) is 8.34. The van der Waals surface area contributed by atoms with Crippen LogP contribution in [0.2, 0.25) is 0 Å². The topological polar surface area (TPSA) is 108 Å². The summed E-state index contributed by atoms with van der Waals surface area (Å²) in [5.74, 6) is 2.73.